The maximum absolute atomic E-state index is 11.2. The van der Waals surface area contributed by atoms with E-state index in [1.165, 1.54) is 0 Å². The topological polar surface area (TPSA) is 67.8 Å². The van der Waals surface area contributed by atoms with Crippen LogP contribution in [0.15, 0.2) is 9.98 Å². The first-order valence-corrected chi connectivity index (χ1v) is 3.53. The number of carbonyl (C=O) groups is 1. The number of carbonyl (C=O) groups excluding carboxylic acids is 1. The van der Waals surface area contributed by atoms with Crippen molar-refractivity contribution in [3.05, 3.63) is 0 Å². The average Bonchev–Trinajstić information content (AvgIpc) is 2.34. The van der Waals surface area contributed by atoms with Crippen LogP contribution in [0.3, 0.4) is 0 Å². The minimum absolute atomic E-state index is 0.0187. The van der Waals surface area contributed by atoms with Crippen LogP contribution in [0.5, 0.6) is 0 Å². The van der Waals surface area contributed by atoms with Gasteiger partial charge in [0.05, 0.1) is 6.54 Å². The van der Waals surface area contributed by atoms with Crippen LogP contribution < -0.4 is 5.73 Å². The highest BCUT2D eigenvalue weighted by Gasteiger charge is 2.18. The molecule has 0 aromatic rings. The van der Waals surface area contributed by atoms with Gasteiger partial charge >= 0.3 is 0 Å². The number of Topliss-reactive ketones (excluding diaryl/α,β-unsaturated/α-hetero) is 1. The van der Waals surface area contributed by atoms with Gasteiger partial charge in [0, 0.05) is 5.92 Å². The van der Waals surface area contributed by atoms with Gasteiger partial charge in [-0.3, -0.25) is 4.79 Å². The molecule has 0 bridgehead atoms. The summed E-state index contributed by atoms with van der Waals surface area (Å²) in [6, 6.07) is 0. The Morgan fingerprint density at radius 2 is 2.27 bits per heavy atom. The molecule has 1 rings (SSSR count). The average molecular weight is 153 g/mol. The fourth-order valence-electron chi connectivity index (χ4n) is 0.831. The first kappa shape index (κ1) is 7.91. The summed E-state index contributed by atoms with van der Waals surface area (Å²) in [6.07, 6.45) is 0. The van der Waals surface area contributed by atoms with Crippen molar-refractivity contribution in [2.24, 2.45) is 21.6 Å². The Morgan fingerprint density at radius 1 is 1.64 bits per heavy atom. The summed E-state index contributed by atoms with van der Waals surface area (Å²) in [4.78, 5) is 18.8. The van der Waals surface area contributed by atoms with Gasteiger partial charge in [0.15, 0.2) is 5.78 Å². The Labute approximate surface area is 65.2 Å². The Hall–Kier alpha value is -1.19. The lowest BCUT2D eigenvalue weighted by Crippen LogP contribution is -2.20. The predicted octanol–water partition coefficient (Wildman–Crippen LogP) is -0.0192. The zero-order chi connectivity index (χ0) is 8.43. The largest absolute Gasteiger partial charge is 0.368 e. The number of guanidine groups is 1. The lowest BCUT2D eigenvalue weighted by molar-refractivity contribution is -0.115. The van der Waals surface area contributed by atoms with Crippen molar-refractivity contribution in [2.45, 2.75) is 13.8 Å². The van der Waals surface area contributed by atoms with Gasteiger partial charge in [-0.05, 0) is 0 Å². The van der Waals surface area contributed by atoms with Crippen molar-refractivity contribution in [1.29, 1.82) is 0 Å². The lowest BCUT2D eigenvalue weighted by Gasteiger charge is -2.00. The van der Waals surface area contributed by atoms with E-state index >= 15 is 0 Å². The molecule has 1 aliphatic heterocycles. The van der Waals surface area contributed by atoms with Crippen molar-refractivity contribution in [1.82, 2.24) is 0 Å². The molecule has 0 aliphatic carbocycles. The van der Waals surface area contributed by atoms with Gasteiger partial charge in [0.1, 0.15) is 5.71 Å². The Kier molecular flexibility index (Phi) is 2.03. The smallest absolute Gasteiger partial charge is 0.216 e. The second kappa shape index (κ2) is 2.82. The molecule has 0 radical (unpaired) electrons. The highest BCUT2D eigenvalue weighted by Crippen LogP contribution is 2.01. The molecule has 0 saturated heterocycles. The Balaban J connectivity index is 2.66. The molecule has 0 fully saturated rings. The Morgan fingerprint density at radius 3 is 2.64 bits per heavy atom. The molecule has 2 N–H and O–H groups in total. The molecular weight excluding hydrogens is 142 g/mol. The zero-order valence-electron chi connectivity index (χ0n) is 6.66. The molecule has 11 heavy (non-hydrogen) atoms. The quantitative estimate of drug-likeness (QED) is 0.605. The van der Waals surface area contributed by atoms with E-state index in [1.54, 1.807) is 0 Å². The van der Waals surface area contributed by atoms with Crippen LogP contribution in [0, 0.1) is 5.92 Å². The first-order valence-electron chi connectivity index (χ1n) is 3.53. The van der Waals surface area contributed by atoms with Crippen molar-refractivity contribution < 1.29 is 4.79 Å². The monoisotopic (exact) mass is 153 g/mol. The minimum atomic E-state index is -0.0187. The number of rotatable bonds is 2. The maximum atomic E-state index is 11.2. The van der Waals surface area contributed by atoms with Gasteiger partial charge in [-0.1, -0.05) is 13.8 Å². The predicted molar refractivity (Wildman–Crippen MR) is 43.8 cm³/mol. The van der Waals surface area contributed by atoms with E-state index in [0.717, 1.165) is 0 Å². The van der Waals surface area contributed by atoms with Crippen molar-refractivity contribution in [2.75, 3.05) is 6.54 Å². The lowest BCUT2D eigenvalue weighted by atomic mass is 10.1. The van der Waals surface area contributed by atoms with Crippen LogP contribution in [0.4, 0.5) is 0 Å². The van der Waals surface area contributed by atoms with E-state index in [2.05, 4.69) is 9.98 Å². The van der Waals surface area contributed by atoms with Gasteiger partial charge in [-0.15, -0.1) is 0 Å². The third-order valence-corrected chi connectivity index (χ3v) is 1.45. The van der Waals surface area contributed by atoms with E-state index in [-0.39, 0.29) is 17.7 Å². The molecule has 0 unspecified atom stereocenters. The molecule has 0 atom stereocenters. The molecule has 1 aliphatic rings. The molecule has 0 aromatic carbocycles. The summed E-state index contributed by atoms with van der Waals surface area (Å²) in [6.45, 7) is 4.02. The second-order valence-corrected chi connectivity index (χ2v) is 2.75. The fourth-order valence-corrected chi connectivity index (χ4v) is 0.831. The standard InChI is InChI=1S/C7H11N3O/c1-4(2)6(11)5-3-9-7(8)10-5/h4H,3H2,1-2H3,(H2,8,9). The van der Waals surface area contributed by atoms with E-state index in [0.29, 0.717) is 12.3 Å². The fraction of sp³-hybridized carbons (Fsp3) is 0.571. The van der Waals surface area contributed by atoms with E-state index in [4.69, 9.17) is 5.73 Å². The third-order valence-electron chi connectivity index (χ3n) is 1.45. The summed E-state index contributed by atoms with van der Waals surface area (Å²) >= 11 is 0. The number of nitrogens with two attached hydrogens (primary N) is 1. The van der Waals surface area contributed by atoms with Crippen LogP contribution in [0.2, 0.25) is 0 Å². The normalized spacial score (nSPS) is 16.6. The molecule has 4 nitrogen and oxygen atoms in total. The van der Waals surface area contributed by atoms with Crippen molar-refractivity contribution in [3.63, 3.8) is 0 Å². The molecule has 0 aromatic heterocycles. The van der Waals surface area contributed by atoms with Crippen LogP contribution in [-0.4, -0.2) is 24.0 Å². The number of hydrogen-bond acceptors (Lipinski definition) is 4. The molecule has 0 spiro atoms. The highest BCUT2D eigenvalue weighted by molar-refractivity contribution is 6.43. The van der Waals surface area contributed by atoms with Gasteiger partial charge in [-0.2, -0.15) is 0 Å². The first-order chi connectivity index (χ1) is 5.11. The van der Waals surface area contributed by atoms with Gasteiger partial charge < -0.3 is 5.73 Å². The summed E-state index contributed by atoms with van der Waals surface area (Å²) in [7, 11) is 0. The summed E-state index contributed by atoms with van der Waals surface area (Å²) in [5, 5.41) is 0. The number of nitrogens with zero attached hydrogens (tertiary/aromatic N) is 2. The van der Waals surface area contributed by atoms with Crippen LogP contribution >= 0.6 is 0 Å². The van der Waals surface area contributed by atoms with Gasteiger partial charge in [0.2, 0.25) is 5.96 Å². The van der Waals surface area contributed by atoms with Crippen LogP contribution in [0.25, 0.3) is 0 Å². The van der Waals surface area contributed by atoms with Crippen molar-refractivity contribution in [3.8, 4) is 0 Å². The molecule has 0 amide bonds. The number of hydrogen-bond donors (Lipinski definition) is 1. The maximum Gasteiger partial charge on any atom is 0.216 e. The third kappa shape index (κ3) is 1.63. The van der Waals surface area contributed by atoms with E-state index in [9.17, 15) is 4.79 Å². The van der Waals surface area contributed by atoms with Crippen LogP contribution in [0.1, 0.15) is 13.8 Å². The highest BCUT2D eigenvalue weighted by atomic mass is 16.1. The molecule has 4 heteroatoms. The zero-order valence-corrected chi connectivity index (χ0v) is 6.66. The molecule has 1 heterocycles. The van der Waals surface area contributed by atoms with E-state index in [1.807, 2.05) is 13.8 Å². The SMILES string of the molecule is CC(C)C(=O)C1=NC(N)=NC1. The molecule has 60 valence electrons. The molecule has 0 saturated carbocycles. The van der Waals surface area contributed by atoms with Gasteiger partial charge in [0.25, 0.3) is 0 Å². The summed E-state index contributed by atoms with van der Waals surface area (Å²) in [5.74, 6) is 0.234. The van der Waals surface area contributed by atoms with Crippen LogP contribution in [-0.2, 0) is 4.79 Å². The summed E-state index contributed by atoms with van der Waals surface area (Å²) < 4.78 is 0. The number of ketones is 1. The Bertz CT molecular complexity index is 240. The minimum Gasteiger partial charge on any atom is -0.368 e. The summed E-state index contributed by atoms with van der Waals surface area (Å²) in [5.41, 5.74) is 5.76. The second-order valence-electron chi connectivity index (χ2n) is 2.75. The van der Waals surface area contributed by atoms with Crippen molar-refractivity contribution >= 4 is 17.5 Å². The molecular formula is C7H11N3O. The number of aliphatic imine (C=N–C) groups is 2. The van der Waals surface area contributed by atoms with Gasteiger partial charge in [-0.25, -0.2) is 9.98 Å². The van der Waals surface area contributed by atoms with E-state index < -0.39 is 0 Å².